The van der Waals surface area contributed by atoms with E-state index in [1.165, 1.54) is 31.4 Å². The first kappa shape index (κ1) is 13.9. The summed E-state index contributed by atoms with van der Waals surface area (Å²) in [6.07, 6.45) is 4.93. The summed E-state index contributed by atoms with van der Waals surface area (Å²) < 4.78 is 27.5. The van der Waals surface area contributed by atoms with Crippen molar-refractivity contribution in [2.45, 2.75) is 43.5 Å². The van der Waals surface area contributed by atoms with Gasteiger partial charge in [-0.15, -0.1) is 0 Å². The predicted molar refractivity (Wildman–Crippen MR) is 76.8 cm³/mol. The van der Waals surface area contributed by atoms with Crippen molar-refractivity contribution < 1.29 is 13.5 Å². The Kier molecular flexibility index (Phi) is 3.50. The molecule has 4 unspecified atom stereocenters. The maximum Gasteiger partial charge on any atom is 0.244 e. The van der Waals surface area contributed by atoms with Crippen molar-refractivity contribution in [1.29, 1.82) is 0 Å². The zero-order chi connectivity index (χ0) is 14.3. The SMILES string of the molecule is CC(NS(=O)(=O)c1ccccc1O)C1CC2CCC1C2. The van der Waals surface area contributed by atoms with Crippen LogP contribution in [-0.4, -0.2) is 19.6 Å². The van der Waals surface area contributed by atoms with E-state index in [2.05, 4.69) is 4.72 Å². The maximum atomic E-state index is 12.4. The number of aromatic hydroxyl groups is 1. The van der Waals surface area contributed by atoms with Gasteiger partial charge >= 0.3 is 0 Å². The summed E-state index contributed by atoms with van der Waals surface area (Å²) in [5, 5.41) is 9.71. The van der Waals surface area contributed by atoms with Gasteiger partial charge in [0, 0.05) is 6.04 Å². The minimum atomic E-state index is -3.64. The highest BCUT2D eigenvalue weighted by Crippen LogP contribution is 2.49. The van der Waals surface area contributed by atoms with Crippen LogP contribution in [0.15, 0.2) is 29.2 Å². The highest BCUT2D eigenvalue weighted by atomic mass is 32.2. The zero-order valence-electron chi connectivity index (χ0n) is 11.6. The van der Waals surface area contributed by atoms with Gasteiger partial charge in [-0.3, -0.25) is 0 Å². The van der Waals surface area contributed by atoms with Gasteiger partial charge < -0.3 is 5.11 Å². The summed E-state index contributed by atoms with van der Waals surface area (Å²) in [6.45, 7) is 1.95. The van der Waals surface area contributed by atoms with Crippen LogP contribution >= 0.6 is 0 Å². The third-order valence-electron chi connectivity index (χ3n) is 4.93. The number of hydrogen-bond acceptors (Lipinski definition) is 3. The molecular weight excluding hydrogens is 274 g/mol. The third kappa shape index (κ3) is 2.44. The lowest BCUT2D eigenvalue weighted by molar-refractivity contribution is 0.280. The lowest BCUT2D eigenvalue weighted by atomic mass is 9.84. The van der Waals surface area contributed by atoms with Crippen LogP contribution in [0.4, 0.5) is 0 Å². The average Bonchev–Trinajstić information content (AvgIpc) is 3.00. The van der Waals surface area contributed by atoms with E-state index in [1.807, 2.05) is 6.92 Å². The first-order chi connectivity index (χ1) is 9.47. The Morgan fingerprint density at radius 3 is 2.60 bits per heavy atom. The standard InChI is InChI=1S/C15H21NO3S/c1-10(13-9-11-6-7-12(13)8-11)16-20(18,19)15-5-3-2-4-14(15)17/h2-5,10-13,16-17H,6-9H2,1H3. The lowest BCUT2D eigenvalue weighted by Crippen LogP contribution is -2.40. The number of hydrogen-bond donors (Lipinski definition) is 2. The summed E-state index contributed by atoms with van der Waals surface area (Å²) in [7, 11) is -3.64. The minimum Gasteiger partial charge on any atom is -0.507 e. The number of nitrogens with one attached hydrogen (secondary N) is 1. The molecule has 0 heterocycles. The van der Waals surface area contributed by atoms with Gasteiger partial charge in [-0.1, -0.05) is 18.6 Å². The molecule has 2 bridgehead atoms. The van der Waals surface area contributed by atoms with Crippen LogP contribution in [0, 0.1) is 17.8 Å². The summed E-state index contributed by atoms with van der Waals surface area (Å²) >= 11 is 0. The predicted octanol–water partition coefficient (Wildman–Crippen LogP) is 2.50. The number of phenolic OH excluding ortho intramolecular Hbond substituents is 1. The van der Waals surface area contributed by atoms with Crippen molar-refractivity contribution >= 4 is 10.0 Å². The molecule has 0 amide bonds. The molecule has 0 radical (unpaired) electrons. The van der Waals surface area contributed by atoms with E-state index < -0.39 is 10.0 Å². The Labute approximate surface area is 120 Å². The van der Waals surface area contributed by atoms with Crippen LogP contribution in [0.5, 0.6) is 5.75 Å². The average molecular weight is 295 g/mol. The molecule has 1 aromatic carbocycles. The van der Waals surface area contributed by atoms with Crippen LogP contribution in [-0.2, 0) is 10.0 Å². The van der Waals surface area contributed by atoms with Gasteiger partial charge in [0.2, 0.25) is 10.0 Å². The molecule has 20 heavy (non-hydrogen) atoms. The number of sulfonamides is 1. The van der Waals surface area contributed by atoms with Crippen LogP contribution in [0.2, 0.25) is 0 Å². The fourth-order valence-electron chi connectivity index (χ4n) is 3.99. The third-order valence-corrected chi connectivity index (χ3v) is 6.54. The van der Waals surface area contributed by atoms with Crippen LogP contribution < -0.4 is 4.72 Å². The van der Waals surface area contributed by atoms with Crippen molar-refractivity contribution in [3.05, 3.63) is 24.3 Å². The molecule has 2 saturated carbocycles. The molecule has 2 fully saturated rings. The normalized spacial score (nSPS) is 30.6. The molecule has 2 N–H and O–H groups in total. The van der Waals surface area contributed by atoms with Crippen molar-refractivity contribution in [3.63, 3.8) is 0 Å². The van der Waals surface area contributed by atoms with Gasteiger partial charge in [-0.05, 0) is 56.1 Å². The van der Waals surface area contributed by atoms with Gasteiger partial charge in [0.25, 0.3) is 0 Å². The van der Waals surface area contributed by atoms with Crippen LogP contribution in [0.1, 0.15) is 32.6 Å². The number of rotatable bonds is 4. The molecule has 5 heteroatoms. The Morgan fingerprint density at radius 1 is 1.25 bits per heavy atom. The van der Waals surface area contributed by atoms with Gasteiger partial charge in [0.1, 0.15) is 10.6 Å². The van der Waals surface area contributed by atoms with Crippen molar-refractivity contribution in [3.8, 4) is 5.75 Å². The number of benzene rings is 1. The van der Waals surface area contributed by atoms with E-state index in [-0.39, 0.29) is 16.7 Å². The molecule has 4 atom stereocenters. The lowest BCUT2D eigenvalue weighted by Gasteiger charge is -2.28. The number of para-hydroxylation sites is 1. The highest BCUT2D eigenvalue weighted by molar-refractivity contribution is 7.89. The number of fused-ring (bicyclic) bond motifs is 2. The van der Waals surface area contributed by atoms with Gasteiger partial charge in [-0.2, -0.15) is 0 Å². The molecule has 0 spiro atoms. The molecule has 0 aromatic heterocycles. The molecule has 3 rings (SSSR count). The summed E-state index contributed by atoms with van der Waals surface area (Å²) in [6, 6.07) is 6.00. The molecule has 0 aliphatic heterocycles. The summed E-state index contributed by atoms with van der Waals surface area (Å²) in [5.41, 5.74) is 0. The Balaban J connectivity index is 1.75. The largest absolute Gasteiger partial charge is 0.507 e. The number of phenols is 1. The second-order valence-corrected chi connectivity index (χ2v) is 7.90. The van der Waals surface area contributed by atoms with Gasteiger partial charge in [0.15, 0.2) is 0 Å². The smallest absolute Gasteiger partial charge is 0.244 e. The summed E-state index contributed by atoms with van der Waals surface area (Å²) in [5.74, 6) is 1.71. The molecule has 0 saturated heterocycles. The fraction of sp³-hybridized carbons (Fsp3) is 0.600. The van der Waals surface area contributed by atoms with E-state index in [4.69, 9.17) is 0 Å². The first-order valence-electron chi connectivity index (χ1n) is 7.27. The van der Waals surface area contributed by atoms with Crippen LogP contribution in [0.25, 0.3) is 0 Å². The van der Waals surface area contributed by atoms with E-state index >= 15 is 0 Å². The Bertz CT molecular complexity index is 599. The van der Waals surface area contributed by atoms with E-state index in [0.29, 0.717) is 11.8 Å². The van der Waals surface area contributed by atoms with Gasteiger partial charge in [0.05, 0.1) is 0 Å². The highest BCUT2D eigenvalue weighted by Gasteiger charge is 2.42. The van der Waals surface area contributed by atoms with Gasteiger partial charge in [-0.25, -0.2) is 13.1 Å². The van der Waals surface area contributed by atoms with E-state index in [9.17, 15) is 13.5 Å². The quantitative estimate of drug-likeness (QED) is 0.897. The second-order valence-electron chi connectivity index (χ2n) is 6.22. The molecule has 1 aromatic rings. The monoisotopic (exact) mass is 295 g/mol. The molecule has 110 valence electrons. The minimum absolute atomic E-state index is 0.0324. The Hall–Kier alpha value is -1.07. The first-order valence-corrected chi connectivity index (χ1v) is 8.76. The zero-order valence-corrected chi connectivity index (χ0v) is 12.4. The fourth-order valence-corrected chi connectivity index (χ4v) is 5.38. The van der Waals surface area contributed by atoms with Crippen molar-refractivity contribution in [2.24, 2.45) is 17.8 Å². The molecule has 2 aliphatic carbocycles. The second kappa shape index (κ2) is 5.04. The van der Waals surface area contributed by atoms with Crippen molar-refractivity contribution in [2.75, 3.05) is 0 Å². The maximum absolute atomic E-state index is 12.4. The topological polar surface area (TPSA) is 66.4 Å². The molecular formula is C15H21NO3S. The Morgan fingerprint density at radius 2 is 2.00 bits per heavy atom. The molecule has 4 nitrogen and oxygen atoms in total. The van der Waals surface area contributed by atoms with E-state index in [0.717, 1.165) is 12.3 Å². The van der Waals surface area contributed by atoms with Crippen molar-refractivity contribution in [1.82, 2.24) is 4.72 Å². The van der Waals surface area contributed by atoms with Crippen LogP contribution in [0.3, 0.4) is 0 Å². The van der Waals surface area contributed by atoms with E-state index in [1.54, 1.807) is 12.1 Å². The summed E-state index contributed by atoms with van der Waals surface area (Å²) in [4.78, 5) is -0.0324. The molecule has 2 aliphatic rings.